The van der Waals surface area contributed by atoms with Gasteiger partial charge in [-0.05, 0) is 15.9 Å². The molecule has 3 nitrogen and oxygen atoms in total. The van der Waals surface area contributed by atoms with E-state index in [1.54, 1.807) is 6.20 Å². The van der Waals surface area contributed by atoms with Gasteiger partial charge >= 0.3 is 0 Å². The average molecular weight is 236 g/mol. The Labute approximate surface area is 78.3 Å². The van der Waals surface area contributed by atoms with E-state index >= 15 is 0 Å². The summed E-state index contributed by atoms with van der Waals surface area (Å²) in [6.45, 7) is 0.706. The van der Waals surface area contributed by atoms with Crippen molar-refractivity contribution in [2.45, 2.75) is 0 Å². The molecule has 1 heterocycles. The molecule has 11 heavy (non-hydrogen) atoms. The molecule has 60 valence electrons. The predicted molar refractivity (Wildman–Crippen MR) is 48.9 cm³/mol. The van der Waals surface area contributed by atoms with Crippen molar-refractivity contribution in [1.82, 2.24) is 9.97 Å². The van der Waals surface area contributed by atoms with Gasteiger partial charge in [-0.2, -0.15) is 0 Å². The van der Waals surface area contributed by atoms with Gasteiger partial charge < -0.3 is 5.32 Å². The summed E-state index contributed by atoms with van der Waals surface area (Å²) in [7, 11) is 0. The van der Waals surface area contributed by atoms with E-state index in [2.05, 4.69) is 31.2 Å². The molecule has 1 rings (SSSR count). The van der Waals surface area contributed by atoms with Crippen LogP contribution < -0.4 is 5.32 Å². The fourth-order valence-electron chi connectivity index (χ4n) is 0.608. The fourth-order valence-corrected chi connectivity index (χ4v) is 1.06. The van der Waals surface area contributed by atoms with E-state index in [-0.39, 0.29) is 0 Å². The zero-order chi connectivity index (χ0) is 8.10. The van der Waals surface area contributed by atoms with Crippen LogP contribution in [0.25, 0.3) is 0 Å². The van der Waals surface area contributed by atoms with Gasteiger partial charge in [0.05, 0.1) is 4.47 Å². The van der Waals surface area contributed by atoms with Crippen LogP contribution in [0.15, 0.2) is 17.0 Å². The Morgan fingerprint density at radius 2 is 2.45 bits per heavy atom. The quantitative estimate of drug-likeness (QED) is 0.815. The SMILES string of the molecule is ClCCNc1ncncc1Br. The summed E-state index contributed by atoms with van der Waals surface area (Å²) in [4.78, 5) is 7.81. The minimum absolute atomic E-state index is 0.566. The van der Waals surface area contributed by atoms with Crippen LogP contribution in [0.2, 0.25) is 0 Å². The van der Waals surface area contributed by atoms with Crippen LogP contribution in [-0.4, -0.2) is 22.4 Å². The molecule has 0 unspecified atom stereocenters. The van der Waals surface area contributed by atoms with Gasteiger partial charge in [-0.15, -0.1) is 11.6 Å². The van der Waals surface area contributed by atoms with E-state index in [1.165, 1.54) is 6.33 Å². The molecular weight excluding hydrogens is 229 g/mol. The molecule has 0 amide bonds. The lowest BCUT2D eigenvalue weighted by molar-refractivity contribution is 1.10. The molecule has 0 saturated heterocycles. The number of alkyl halides is 1. The van der Waals surface area contributed by atoms with Crippen LogP contribution >= 0.6 is 27.5 Å². The highest BCUT2D eigenvalue weighted by molar-refractivity contribution is 9.10. The summed E-state index contributed by atoms with van der Waals surface area (Å²) >= 11 is 8.78. The standard InChI is InChI=1S/C6H7BrClN3/c7-5-3-9-4-11-6(5)10-2-1-8/h3-4H,1-2H2,(H,9,10,11). The van der Waals surface area contributed by atoms with Crippen LogP contribution in [0.5, 0.6) is 0 Å². The molecule has 0 spiro atoms. The Bertz CT molecular complexity index is 231. The highest BCUT2D eigenvalue weighted by atomic mass is 79.9. The first-order chi connectivity index (χ1) is 5.34. The van der Waals surface area contributed by atoms with Gasteiger partial charge in [-0.25, -0.2) is 9.97 Å². The number of anilines is 1. The monoisotopic (exact) mass is 235 g/mol. The molecule has 1 aromatic heterocycles. The molecule has 0 aliphatic heterocycles. The maximum atomic E-state index is 5.48. The molecule has 0 aromatic carbocycles. The summed E-state index contributed by atoms with van der Waals surface area (Å²) in [5.41, 5.74) is 0. The topological polar surface area (TPSA) is 37.8 Å². The molecule has 1 aromatic rings. The van der Waals surface area contributed by atoms with Gasteiger partial charge in [-0.3, -0.25) is 0 Å². The Hall–Kier alpha value is -0.350. The maximum Gasteiger partial charge on any atom is 0.143 e. The molecule has 1 N–H and O–H groups in total. The smallest absolute Gasteiger partial charge is 0.143 e. The normalized spacial score (nSPS) is 9.64. The van der Waals surface area contributed by atoms with Crippen LogP contribution in [0.1, 0.15) is 0 Å². The largest absolute Gasteiger partial charge is 0.368 e. The lowest BCUT2D eigenvalue weighted by atomic mass is 10.5. The lowest BCUT2D eigenvalue weighted by Crippen LogP contribution is -2.04. The second-order valence-electron chi connectivity index (χ2n) is 1.84. The Balaban J connectivity index is 2.62. The first-order valence-electron chi connectivity index (χ1n) is 3.10. The molecule has 5 heteroatoms. The summed E-state index contributed by atoms with van der Waals surface area (Å²) in [6, 6.07) is 0. The van der Waals surface area contributed by atoms with Crippen molar-refractivity contribution in [2.75, 3.05) is 17.7 Å². The summed E-state index contributed by atoms with van der Waals surface area (Å²) in [6.07, 6.45) is 3.17. The Morgan fingerprint density at radius 3 is 3.09 bits per heavy atom. The van der Waals surface area contributed by atoms with Gasteiger partial charge in [0.2, 0.25) is 0 Å². The summed E-state index contributed by atoms with van der Waals surface area (Å²) in [5.74, 6) is 1.34. The minimum Gasteiger partial charge on any atom is -0.368 e. The number of hydrogen-bond donors (Lipinski definition) is 1. The third-order valence-electron chi connectivity index (χ3n) is 1.05. The van der Waals surface area contributed by atoms with E-state index in [1.807, 2.05) is 0 Å². The minimum atomic E-state index is 0.566. The van der Waals surface area contributed by atoms with Gasteiger partial charge in [0.15, 0.2) is 0 Å². The lowest BCUT2D eigenvalue weighted by Gasteiger charge is -2.02. The molecule has 0 fully saturated rings. The number of halogens is 2. The van der Waals surface area contributed by atoms with E-state index in [0.717, 1.165) is 10.3 Å². The Morgan fingerprint density at radius 1 is 1.64 bits per heavy atom. The third-order valence-corrected chi connectivity index (χ3v) is 1.82. The van der Waals surface area contributed by atoms with Crippen LogP contribution in [0.4, 0.5) is 5.82 Å². The van der Waals surface area contributed by atoms with Crippen molar-refractivity contribution in [1.29, 1.82) is 0 Å². The van der Waals surface area contributed by atoms with Crippen LogP contribution in [0, 0.1) is 0 Å². The zero-order valence-electron chi connectivity index (χ0n) is 5.72. The van der Waals surface area contributed by atoms with Crippen molar-refractivity contribution in [3.63, 3.8) is 0 Å². The summed E-state index contributed by atoms with van der Waals surface area (Å²) < 4.78 is 0.852. The number of rotatable bonds is 3. The highest BCUT2D eigenvalue weighted by Gasteiger charge is 1.97. The van der Waals surface area contributed by atoms with Gasteiger partial charge in [-0.1, -0.05) is 0 Å². The number of hydrogen-bond acceptors (Lipinski definition) is 3. The first-order valence-corrected chi connectivity index (χ1v) is 4.42. The fraction of sp³-hybridized carbons (Fsp3) is 0.333. The van der Waals surface area contributed by atoms with Crippen molar-refractivity contribution in [2.24, 2.45) is 0 Å². The van der Waals surface area contributed by atoms with Crippen molar-refractivity contribution >= 4 is 33.3 Å². The Kier molecular flexibility index (Phi) is 3.59. The molecule has 0 atom stereocenters. The van der Waals surface area contributed by atoms with E-state index < -0.39 is 0 Å². The molecule has 0 bridgehead atoms. The molecular formula is C6H7BrClN3. The summed E-state index contributed by atoms with van der Waals surface area (Å²) in [5, 5.41) is 3.03. The average Bonchev–Trinajstić information content (AvgIpc) is 2.03. The molecule has 0 radical (unpaired) electrons. The van der Waals surface area contributed by atoms with Crippen LogP contribution in [0.3, 0.4) is 0 Å². The zero-order valence-corrected chi connectivity index (χ0v) is 8.06. The highest BCUT2D eigenvalue weighted by Crippen LogP contribution is 2.16. The van der Waals surface area contributed by atoms with Gasteiger partial charge in [0, 0.05) is 18.6 Å². The van der Waals surface area contributed by atoms with Crippen LogP contribution in [-0.2, 0) is 0 Å². The number of nitrogens with one attached hydrogen (secondary N) is 1. The van der Waals surface area contributed by atoms with Crippen molar-refractivity contribution in [3.05, 3.63) is 17.0 Å². The van der Waals surface area contributed by atoms with Gasteiger partial charge in [0.1, 0.15) is 12.1 Å². The number of aromatic nitrogens is 2. The second-order valence-corrected chi connectivity index (χ2v) is 3.07. The van der Waals surface area contributed by atoms with Crippen molar-refractivity contribution in [3.8, 4) is 0 Å². The van der Waals surface area contributed by atoms with E-state index in [0.29, 0.717) is 12.4 Å². The second kappa shape index (κ2) is 4.51. The maximum absolute atomic E-state index is 5.48. The first kappa shape index (κ1) is 8.74. The molecule has 0 aliphatic rings. The predicted octanol–water partition coefficient (Wildman–Crippen LogP) is 1.89. The molecule has 0 aliphatic carbocycles. The third kappa shape index (κ3) is 2.63. The van der Waals surface area contributed by atoms with Crippen molar-refractivity contribution < 1.29 is 0 Å². The van der Waals surface area contributed by atoms with E-state index in [4.69, 9.17) is 11.6 Å². The van der Waals surface area contributed by atoms with Gasteiger partial charge in [0.25, 0.3) is 0 Å². The number of nitrogens with zero attached hydrogens (tertiary/aromatic N) is 2. The van der Waals surface area contributed by atoms with E-state index in [9.17, 15) is 0 Å². The molecule has 0 saturated carbocycles.